The number of amides is 1. The van der Waals surface area contributed by atoms with E-state index >= 15 is 0 Å². The molecule has 1 aromatic heterocycles. The van der Waals surface area contributed by atoms with Gasteiger partial charge >= 0.3 is 0 Å². The zero-order valence-electron chi connectivity index (χ0n) is 16.2. The summed E-state index contributed by atoms with van der Waals surface area (Å²) >= 11 is 0. The molecule has 2 unspecified atom stereocenters. The van der Waals surface area contributed by atoms with E-state index in [1.54, 1.807) is 12.1 Å². The van der Waals surface area contributed by atoms with E-state index in [4.69, 9.17) is 9.47 Å². The highest BCUT2D eigenvalue weighted by atomic mass is 16.5. The van der Waals surface area contributed by atoms with Crippen LogP contribution >= 0.6 is 0 Å². The minimum atomic E-state index is -0.111. The molecule has 8 heteroatoms. The van der Waals surface area contributed by atoms with Crippen molar-refractivity contribution in [3.63, 3.8) is 0 Å². The van der Waals surface area contributed by atoms with Gasteiger partial charge in [0.15, 0.2) is 0 Å². The minimum absolute atomic E-state index is 0.0318. The fourth-order valence-electron chi connectivity index (χ4n) is 3.42. The Kier molecular flexibility index (Phi) is 5.85. The van der Waals surface area contributed by atoms with Gasteiger partial charge in [0, 0.05) is 17.2 Å². The maximum atomic E-state index is 11.7. The lowest BCUT2D eigenvalue weighted by Crippen LogP contribution is -2.34. The van der Waals surface area contributed by atoms with Crippen LogP contribution in [0.5, 0.6) is 11.6 Å². The number of carbonyl (C=O) groups is 1. The van der Waals surface area contributed by atoms with Gasteiger partial charge in [-0.3, -0.25) is 15.5 Å². The molecule has 28 heavy (non-hydrogen) atoms. The quantitative estimate of drug-likeness (QED) is 0.628. The first-order valence-corrected chi connectivity index (χ1v) is 9.32. The number of hydrogen-bond acceptors (Lipinski definition) is 7. The second kappa shape index (κ2) is 8.31. The molecule has 0 saturated carbocycles. The molecule has 1 saturated heterocycles. The molecule has 2 aromatic rings. The molecular formula is C20H24N4O4. The number of pyridine rings is 1. The molecule has 1 fully saturated rings. The summed E-state index contributed by atoms with van der Waals surface area (Å²) in [6, 6.07) is 5.37. The highest BCUT2D eigenvalue weighted by Crippen LogP contribution is 2.35. The fraction of sp³-hybridized carbons (Fsp3) is 0.450. The molecule has 0 aliphatic carbocycles. The van der Waals surface area contributed by atoms with Crippen molar-refractivity contribution < 1.29 is 19.5 Å². The number of benzene rings is 1. The number of nitriles is 1. The Hall–Kier alpha value is -3.05. The van der Waals surface area contributed by atoms with E-state index in [9.17, 15) is 15.3 Å². The fourth-order valence-corrected chi connectivity index (χ4v) is 3.42. The second-order valence-corrected chi connectivity index (χ2v) is 7.12. The van der Waals surface area contributed by atoms with Crippen molar-refractivity contribution in [1.29, 1.82) is 5.26 Å². The van der Waals surface area contributed by atoms with Crippen molar-refractivity contribution in [2.45, 2.75) is 45.8 Å². The Morgan fingerprint density at radius 3 is 2.86 bits per heavy atom. The monoisotopic (exact) mass is 384 g/mol. The van der Waals surface area contributed by atoms with Gasteiger partial charge in [0.2, 0.25) is 11.8 Å². The highest BCUT2D eigenvalue weighted by molar-refractivity contribution is 5.98. The third kappa shape index (κ3) is 3.94. The van der Waals surface area contributed by atoms with Crippen molar-refractivity contribution in [1.82, 2.24) is 10.3 Å². The van der Waals surface area contributed by atoms with Crippen LogP contribution in [0.4, 0.5) is 5.69 Å². The van der Waals surface area contributed by atoms with Crippen molar-refractivity contribution in [3.8, 4) is 17.7 Å². The van der Waals surface area contributed by atoms with Crippen molar-refractivity contribution in [2.75, 3.05) is 12.1 Å². The third-order valence-electron chi connectivity index (χ3n) is 4.84. The predicted octanol–water partition coefficient (Wildman–Crippen LogP) is 2.99. The first-order valence-electron chi connectivity index (χ1n) is 9.32. The van der Waals surface area contributed by atoms with Crippen molar-refractivity contribution in [3.05, 3.63) is 23.9 Å². The lowest BCUT2D eigenvalue weighted by molar-refractivity contribution is -0.119. The van der Waals surface area contributed by atoms with Gasteiger partial charge in [-0.05, 0) is 31.9 Å². The number of anilines is 1. The molecule has 3 rings (SSSR count). The molecule has 0 bridgehead atoms. The maximum absolute atomic E-state index is 11.7. The van der Waals surface area contributed by atoms with Gasteiger partial charge < -0.3 is 14.8 Å². The lowest BCUT2D eigenvalue weighted by Gasteiger charge is -2.19. The first-order chi connectivity index (χ1) is 13.5. The number of carbonyl (C=O) groups excluding carboxylic acids is 1. The average molecular weight is 384 g/mol. The Morgan fingerprint density at radius 1 is 1.43 bits per heavy atom. The van der Waals surface area contributed by atoms with Crippen LogP contribution in [0.3, 0.4) is 0 Å². The highest BCUT2D eigenvalue weighted by Gasteiger charge is 2.31. The molecular weight excluding hydrogens is 360 g/mol. The third-order valence-corrected chi connectivity index (χ3v) is 4.84. The van der Waals surface area contributed by atoms with Gasteiger partial charge in [0.05, 0.1) is 29.6 Å². The van der Waals surface area contributed by atoms with Gasteiger partial charge in [-0.1, -0.05) is 13.3 Å². The van der Waals surface area contributed by atoms with E-state index in [1.807, 2.05) is 20.8 Å². The number of nitrogens with one attached hydrogen (secondary N) is 2. The van der Waals surface area contributed by atoms with Crippen LogP contribution in [0, 0.1) is 17.2 Å². The molecule has 148 valence electrons. The number of aromatic nitrogens is 1. The number of fused-ring (bicyclic) bond motifs is 1. The summed E-state index contributed by atoms with van der Waals surface area (Å²) in [5.74, 6) is 1.03. The largest absolute Gasteiger partial charge is 0.490 e. The number of hydrogen-bond donors (Lipinski definition) is 3. The van der Waals surface area contributed by atoms with Crippen LogP contribution in [0.2, 0.25) is 0 Å². The van der Waals surface area contributed by atoms with E-state index in [-0.39, 0.29) is 24.0 Å². The normalized spacial score (nSPS) is 18.8. The summed E-state index contributed by atoms with van der Waals surface area (Å²) in [6.45, 7) is 6.09. The predicted molar refractivity (Wildman–Crippen MR) is 103 cm³/mol. The van der Waals surface area contributed by atoms with Gasteiger partial charge in [0.1, 0.15) is 18.4 Å². The van der Waals surface area contributed by atoms with Crippen molar-refractivity contribution >= 4 is 22.4 Å². The summed E-state index contributed by atoms with van der Waals surface area (Å²) in [6.07, 6.45) is 2.71. The number of rotatable bonds is 7. The van der Waals surface area contributed by atoms with E-state index in [2.05, 4.69) is 21.9 Å². The maximum Gasteiger partial charge on any atom is 0.221 e. The van der Waals surface area contributed by atoms with Crippen LogP contribution in [-0.2, 0) is 4.79 Å². The summed E-state index contributed by atoms with van der Waals surface area (Å²) in [5.41, 5.74) is 2.81. The summed E-state index contributed by atoms with van der Waals surface area (Å²) in [5, 5.41) is 23.0. The molecule has 2 atom stereocenters. The molecule has 8 nitrogen and oxygen atoms in total. The van der Waals surface area contributed by atoms with Crippen LogP contribution in [0.15, 0.2) is 18.3 Å². The van der Waals surface area contributed by atoms with Gasteiger partial charge in [-0.2, -0.15) is 5.26 Å². The topological polar surface area (TPSA) is 117 Å². The van der Waals surface area contributed by atoms with Crippen LogP contribution in [0.1, 0.15) is 39.2 Å². The SMILES string of the molecule is CCC1CC(=O)NC1COc1ncc(NO)c2cc(C#N)c(OC(C)C)cc12. The summed E-state index contributed by atoms with van der Waals surface area (Å²) in [4.78, 5) is 16.0. The van der Waals surface area contributed by atoms with E-state index in [0.717, 1.165) is 6.42 Å². The first kappa shape index (κ1) is 19.7. The minimum Gasteiger partial charge on any atom is -0.490 e. The Balaban J connectivity index is 1.97. The molecule has 0 radical (unpaired) electrons. The van der Waals surface area contributed by atoms with Gasteiger partial charge in [0.25, 0.3) is 0 Å². The van der Waals surface area contributed by atoms with E-state index < -0.39 is 0 Å². The van der Waals surface area contributed by atoms with Gasteiger partial charge in [-0.25, -0.2) is 4.98 Å². The molecule has 1 aromatic carbocycles. The summed E-state index contributed by atoms with van der Waals surface area (Å²) < 4.78 is 11.7. The average Bonchev–Trinajstić information content (AvgIpc) is 3.04. The molecule has 0 spiro atoms. The molecule has 1 aliphatic heterocycles. The summed E-state index contributed by atoms with van der Waals surface area (Å²) in [7, 11) is 0. The Labute approximate surface area is 163 Å². The van der Waals surface area contributed by atoms with Crippen LogP contribution < -0.4 is 20.3 Å². The number of nitrogens with zero attached hydrogens (tertiary/aromatic N) is 2. The van der Waals surface area contributed by atoms with E-state index in [0.29, 0.717) is 46.7 Å². The van der Waals surface area contributed by atoms with Crippen LogP contribution in [0.25, 0.3) is 10.8 Å². The second-order valence-electron chi connectivity index (χ2n) is 7.12. The lowest BCUT2D eigenvalue weighted by atomic mass is 9.98. The standard InChI is InChI=1S/C20H24N4O4/c1-4-12-6-19(25)23-17(12)10-27-20-15-7-18(28-11(2)3)13(8-21)5-14(15)16(24-26)9-22-20/h5,7,9,11-12,17,24,26H,4,6,10H2,1-3H3,(H,23,25). The Morgan fingerprint density at radius 2 is 2.21 bits per heavy atom. The van der Waals surface area contributed by atoms with Gasteiger partial charge in [-0.15, -0.1) is 0 Å². The van der Waals surface area contributed by atoms with Crippen LogP contribution in [-0.4, -0.2) is 34.9 Å². The zero-order chi connectivity index (χ0) is 20.3. The Bertz CT molecular complexity index is 923. The molecule has 1 amide bonds. The molecule has 3 N–H and O–H groups in total. The number of ether oxygens (including phenoxy) is 2. The molecule has 2 heterocycles. The van der Waals surface area contributed by atoms with Crippen molar-refractivity contribution in [2.24, 2.45) is 5.92 Å². The smallest absolute Gasteiger partial charge is 0.221 e. The van der Waals surface area contributed by atoms with E-state index in [1.165, 1.54) is 6.20 Å². The molecule has 1 aliphatic rings. The zero-order valence-corrected chi connectivity index (χ0v) is 16.2.